The Labute approximate surface area is 91.2 Å². The zero-order valence-electron chi connectivity index (χ0n) is 9.40. The predicted molar refractivity (Wildman–Crippen MR) is 61.4 cm³/mol. The van der Waals surface area contributed by atoms with Crippen LogP contribution in [-0.2, 0) is 0 Å². The van der Waals surface area contributed by atoms with E-state index in [4.69, 9.17) is 15.2 Å². The molecule has 0 aliphatic heterocycles. The van der Waals surface area contributed by atoms with Crippen molar-refractivity contribution in [3.63, 3.8) is 0 Å². The molecule has 0 aliphatic rings. The quantitative estimate of drug-likeness (QED) is 0.781. The topological polar surface area (TPSA) is 44.5 Å². The number of rotatable bonds is 6. The first-order chi connectivity index (χ1) is 7.26. The van der Waals surface area contributed by atoms with Gasteiger partial charge in [0.2, 0.25) is 0 Å². The Morgan fingerprint density at radius 1 is 1.20 bits per heavy atom. The third kappa shape index (κ3) is 4.21. The van der Waals surface area contributed by atoms with Crippen LogP contribution in [0.25, 0.3) is 0 Å². The van der Waals surface area contributed by atoms with E-state index in [0.29, 0.717) is 6.61 Å². The molecule has 1 unspecified atom stereocenters. The highest BCUT2D eigenvalue weighted by atomic mass is 16.5. The van der Waals surface area contributed by atoms with E-state index in [2.05, 4.69) is 6.92 Å². The maximum atomic E-state index is 5.84. The summed E-state index contributed by atoms with van der Waals surface area (Å²) in [6.07, 6.45) is 2.09. The summed E-state index contributed by atoms with van der Waals surface area (Å²) in [6, 6.07) is 7.65. The highest BCUT2D eigenvalue weighted by molar-refractivity contribution is 5.31. The van der Waals surface area contributed by atoms with Crippen molar-refractivity contribution in [2.45, 2.75) is 25.8 Å². The van der Waals surface area contributed by atoms with Gasteiger partial charge in [0.1, 0.15) is 18.1 Å². The van der Waals surface area contributed by atoms with Gasteiger partial charge >= 0.3 is 0 Å². The van der Waals surface area contributed by atoms with Crippen molar-refractivity contribution < 1.29 is 9.47 Å². The van der Waals surface area contributed by atoms with E-state index >= 15 is 0 Å². The summed E-state index contributed by atoms with van der Waals surface area (Å²) in [5, 5.41) is 0. The number of methoxy groups -OCH3 is 1. The third-order valence-electron chi connectivity index (χ3n) is 2.18. The molecule has 1 aromatic carbocycles. The monoisotopic (exact) mass is 209 g/mol. The molecule has 0 radical (unpaired) electrons. The van der Waals surface area contributed by atoms with Crippen molar-refractivity contribution in [1.29, 1.82) is 0 Å². The maximum absolute atomic E-state index is 5.84. The van der Waals surface area contributed by atoms with Crippen LogP contribution in [0, 0.1) is 0 Å². The molecule has 1 rings (SSSR count). The lowest BCUT2D eigenvalue weighted by Crippen LogP contribution is -2.27. The number of hydrogen-bond acceptors (Lipinski definition) is 3. The van der Waals surface area contributed by atoms with E-state index < -0.39 is 0 Å². The first kappa shape index (κ1) is 11.9. The first-order valence-electron chi connectivity index (χ1n) is 5.28. The van der Waals surface area contributed by atoms with Gasteiger partial charge in [-0.2, -0.15) is 0 Å². The Hall–Kier alpha value is -1.22. The molecule has 2 N–H and O–H groups in total. The van der Waals surface area contributed by atoms with Gasteiger partial charge < -0.3 is 15.2 Å². The summed E-state index contributed by atoms with van der Waals surface area (Å²) in [6.45, 7) is 2.69. The van der Waals surface area contributed by atoms with Gasteiger partial charge in [0.05, 0.1) is 7.11 Å². The van der Waals surface area contributed by atoms with Crippen molar-refractivity contribution in [3.05, 3.63) is 24.3 Å². The average molecular weight is 209 g/mol. The van der Waals surface area contributed by atoms with Crippen molar-refractivity contribution in [1.82, 2.24) is 0 Å². The molecular weight excluding hydrogens is 190 g/mol. The van der Waals surface area contributed by atoms with Gasteiger partial charge in [-0.1, -0.05) is 13.3 Å². The molecule has 3 heteroatoms. The SMILES string of the molecule is CCCC(N)COc1ccc(OC)cc1. The Morgan fingerprint density at radius 2 is 1.80 bits per heavy atom. The first-order valence-corrected chi connectivity index (χ1v) is 5.28. The molecule has 0 aliphatic carbocycles. The molecule has 1 aromatic rings. The molecule has 0 saturated heterocycles. The van der Waals surface area contributed by atoms with Gasteiger partial charge in [0, 0.05) is 6.04 Å². The summed E-state index contributed by atoms with van der Waals surface area (Å²) < 4.78 is 10.6. The van der Waals surface area contributed by atoms with E-state index in [1.54, 1.807) is 7.11 Å². The average Bonchev–Trinajstić information content (AvgIpc) is 2.27. The van der Waals surface area contributed by atoms with Crippen molar-refractivity contribution in [2.24, 2.45) is 5.73 Å². The van der Waals surface area contributed by atoms with Crippen molar-refractivity contribution in [3.8, 4) is 11.5 Å². The predicted octanol–water partition coefficient (Wildman–Crippen LogP) is 2.20. The van der Waals surface area contributed by atoms with Crippen molar-refractivity contribution >= 4 is 0 Å². The molecular formula is C12H19NO2. The summed E-state index contributed by atoms with van der Waals surface area (Å²) in [5.74, 6) is 1.67. The van der Waals surface area contributed by atoms with Gasteiger partial charge in [-0.25, -0.2) is 0 Å². The molecule has 0 spiro atoms. The van der Waals surface area contributed by atoms with Gasteiger partial charge in [-0.15, -0.1) is 0 Å². The van der Waals surface area contributed by atoms with E-state index in [9.17, 15) is 0 Å². The molecule has 0 heterocycles. The van der Waals surface area contributed by atoms with E-state index in [0.717, 1.165) is 24.3 Å². The van der Waals surface area contributed by atoms with Crippen molar-refractivity contribution in [2.75, 3.05) is 13.7 Å². The van der Waals surface area contributed by atoms with Crippen LogP contribution in [0.15, 0.2) is 24.3 Å². The fourth-order valence-corrected chi connectivity index (χ4v) is 1.33. The summed E-state index contributed by atoms with van der Waals surface area (Å²) in [7, 11) is 1.65. The Morgan fingerprint density at radius 3 is 2.33 bits per heavy atom. The number of benzene rings is 1. The normalized spacial score (nSPS) is 12.2. The molecule has 15 heavy (non-hydrogen) atoms. The van der Waals surface area contributed by atoms with E-state index in [-0.39, 0.29) is 6.04 Å². The van der Waals surface area contributed by atoms with Gasteiger partial charge in [0.15, 0.2) is 0 Å². The second kappa shape index (κ2) is 6.30. The van der Waals surface area contributed by atoms with E-state index in [1.165, 1.54) is 0 Å². The molecule has 0 fully saturated rings. The van der Waals surface area contributed by atoms with Gasteiger partial charge in [0.25, 0.3) is 0 Å². The van der Waals surface area contributed by atoms with Crippen LogP contribution in [-0.4, -0.2) is 19.8 Å². The molecule has 1 atom stereocenters. The molecule has 0 amide bonds. The minimum Gasteiger partial charge on any atom is -0.497 e. The zero-order chi connectivity index (χ0) is 11.1. The number of nitrogens with two attached hydrogens (primary N) is 1. The molecule has 0 aromatic heterocycles. The minimum absolute atomic E-state index is 0.122. The second-order valence-corrected chi connectivity index (χ2v) is 3.54. The number of hydrogen-bond donors (Lipinski definition) is 1. The highest BCUT2D eigenvalue weighted by Gasteiger charge is 2.02. The van der Waals surface area contributed by atoms with Crippen LogP contribution >= 0.6 is 0 Å². The largest absolute Gasteiger partial charge is 0.497 e. The summed E-state index contributed by atoms with van der Waals surface area (Å²) >= 11 is 0. The zero-order valence-corrected chi connectivity index (χ0v) is 9.40. The number of ether oxygens (including phenoxy) is 2. The fourth-order valence-electron chi connectivity index (χ4n) is 1.33. The lowest BCUT2D eigenvalue weighted by atomic mass is 10.2. The van der Waals surface area contributed by atoms with Crippen LogP contribution in [0.4, 0.5) is 0 Å². The lowest BCUT2D eigenvalue weighted by Gasteiger charge is -2.12. The molecule has 3 nitrogen and oxygen atoms in total. The van der Waals surface area contributed by atoms with Crippen LogP contribution in [0.5, 0.6) is 11.5 Å². The Balaban J connectivity index is 2.37. The van der Waals surface area contributed by atoms with Crippen LogP contribution in [0.2, 0.25) is 0 Å². The van der Waals surface area contributed by atoms with E-state index in [1.807, 2.05) is 24.3 Å². The molecule has 0 saturated carbocycles. The standard InChI is InChI=1S/C12H19NO2/c1-3-4-10(13)9-15-12-7-5-11(14-2)6-8-12/h5-8,10H,3-4,9,13H2,1-2H3. The summed E-state index contributed by atoms with van der Waals surface area (Å²) in [4.78, 5) is 0. The van der Waals surface area contributed by atoms with Crippen LogP contribution in [0.3, 0.4) is 0 Å². The minimum atomic E-state index is 0.122. The Bertz CT molecular complexity index is 271. The van der Waals surface area contributed by atoms with Gasteiger partial charge in [-0.3, -0.25) is 0 Å². The van der Waals surface area contributed by atoms with Crippen LogP contribution in [0.1, 0.15) is 19.8 Å². The highest BCUT2D eigenvalue weighted by Crippen LogP contribution is 2.17. The molecule has 84 valence electrons. The molecule has 0 bridgehead atoms. The fraction of sp³-hybridized carbons (Fsp3) is 0.500. The second-order valence-electron chi connectivity index (χ2n) is 3.54. The van der Waals surface area contributed by atoms with Gasteiger partial charge in [-0.05, 0) is 30.7 Å². The third-order valence-corrected chi connectivity index (χ3v) is 2.18. The summed E-state index contributed by atoms with van der Waals surface area (Å²) in [5.41, 5.74) is 5.84. The smallest absolute Gasteiger partial charge is 0.119 e. The lowest BCUT2D eigenvalue weighted by molar-refractivity contribution is 0.281. The maximum Gasteiger partial charge on any atom is 0.119 e. The van der Waals surface area contributed by atoms with Crippen LogP contribution < -0.4 is 15.2 Å². The Kier molecular flexibility index (Phi) is 4.98.